The molecule has 0 radical (unpaired) electrons. The topological polar surface area (TPSA) is 12.5 Å². The van der Waals surface area contributed by atoms with Crippen LogP contribution < -0.4 is 4.90 Å². The summed E-state index contributed by atoms with van der Waals surface area (Å²) in [5.41, 5.74) is 13.5. The Labute approximate surface area is 267 Å². The maximum Gasteiger partial charge on any atom is 0.0625 e. The number of anilines is 1. The lowest BCUT2D eigenvalue weighted by molar-refractivity contribution is -0.00470. The van der Waals surface area contributed by atoms with E-state index in [9.17, 15) is 0 Å². The van der Waals surface area contributed by atoms with Gasteiger partial charge in [0.1, 0.15) is 0 Å². The molecule has 44 heavy (non-hydrogen) atoms. The molecule has 230 valence electrons. The Morgan fingerprint density at radius 3 is 1.95 bits per heavy atom. The number of fused-ring (bicyclic) bond motifs is 8. The number of nitrogens with zero attached hydrogens (tertiary/aromatic N) is 1. The molecule has 0 fully saturated rings. The van der Waals surface area contributed by atoms with Crippen molar-refractivity contribution in [3.05, 3.63) is 124 Å². The molecule has 1 aliphatic heterocycles. The highest BCUT2D eigenvalue weighted by atomic mass is 32.3. The van der Waals surface area contributed by atoms with Crippen LogP contribution in [-0.4, -0.2) is 31.3 Å². The fourth-order valence-corrected chi connectivity index (χ4v) is 13.7. The summed E-state index contributed by atoms with van der Waals surface area (Å²) in [5, 5.41) is 0.942. The Balaban J connectivity index is 1.32. The molecule has 1 heterocycles. The zero-order valence-electron chi connectivity index (χ0n) is 27.5. The van der Waals surface area contributed by atoms with E-state index in [0.29, 0.717) is 22.5 Å². The Morgan fingerprint density at radius 2 is 1.30 bits per heavy atom. The molecule has 0 bridgehead atoms. The van der Waals surface area contributed by atoms with Crippen LogP contribution in [-0.2, 0) is 4.74 Å². The first-order valence-corrected chi connectivity index (χ1v) is 19.0. The standard InChI is InChI=1S/C41H49NOS/c1-28-23-24-36-35(27-28)37-38(42(36)5)31-19-11-14-22-34(31)40(37)44(6,26-16-8-7-15-25-43-41(2,3)4)39-32-20-12-9-17-29(32)30-18-10-13-21-33(30)39/h9-14,17-24,27,37-40H,7-8,15-16,25-26H2,1-6H3. The molecule has 3 heteroatoms. The van der Waals surface area contributed by atoms with Crippen LogP contribution >= 0.6 is 10.0 Å². The van der Waals surface area contributed by atoms with E-state index < -0.39 is 10.0 Å². The van der Waals surface area contributed by atoms with Crippen LogP contribution in [0.3, 0.4) is 0 Å². The molecule has 0 N–H and O–H groups in total. The highest BCUT2D eigenvalue weighted by Crippen LogP contribution is 2.80. The van der Waals surface area contributed by atoms with E-state index in [4.69, 9.17) is 4.74 Å². The molecular formula is C41H49NOS. The van der Waals surface area contributed by atoms with E-state index in [1.807, 2.05) is 0 Å². The van der Waals surface area contributed by atoms with Gasteiger partial charge in [0.2, 0.25) is 0 Å². The molecule has 4 atom stereocenters. The van der Waals surface area contributed by atoms with Gasteiger partial charge in [-0.2, -0.15) is 0 Å². The van der Waals surface area contributed by atoms with Gasteiger partial charge in [0.25, 0.3) is 0 Å². The zero-order chi connectivity index (χ0) is 30.6. The lowest BCUT2D eigenvalue weighted by Gasteiger charge is -2.50. The molecule has 2 aliphatic carbocycles. The molecule has 4 aromatic rings. The number of benzene rings is 4. The third kappa shape index (κ3) is 4.92. The van der Waals surface area contributed by atoms with E-state index in [-0.39, 0.29) is 5.60 Å². The van der Waals surface area contributed by atoms with Crippen molar-refractivity contribution in [2.75, 3.05) is 30.6 Å². The summed E-state index contributed by atoms with van der Waals surface area (Å²) >= 11 is 0. The minimum atomic E-state index is -1.24. The first-order valence-electron chi connectivity index (χ1n) is 16.7. The molecule has 4 aromatic carbocycles. The molecule has 0 saturated heterocycles. The largest absolute Gasteiger partial charge is 0.376 e. The number of ether oxygens (including phenoxy) is 1. The molecule has 0 amide bonds. The number of hydrogen-bond donors (Lipinski definition) is 0. The van der Waals surface area contributed by atoms with Crippen LogP contribution in [0.5, 0.6) is 0 Å². The average Bonchev–Trinajstić information content (AvgIpc) is 3.62. The van der Waals surface area contributed by atoms with Crippen LogP contribution in [0.2, 0.25) is 0 Å². The second-order valence-corrected chi connectivity index (χ2v) is 18.4. The van der Waals surface area contributed by atoms with Gasteiger partial charge < -0.3 is 9.64 Å². The molecule has 7 rings (SSSR count). The monoisotopic (exact) mass is 603 g/mol. The SMILES string of the molecule is Cc1ccc2c(c1)C1C(c3ccccc3C1S(C)(CCCCCCOC(C)(C)C)C1c3ccccc3-c3ccccc31)N2C. The number of likely N-dealkylation sites (N-methyl/N-ethyl adjacent to an activating group) is 1. The highest BCUT2D eigenvalue weighted by molar-refractivity contribution is 8.33. The molecule has 2 nitrogen and oxygen atoms in total. The van der Waals surface area contributed by atoms with Gasteiger partial charge in [-0.25, -0.2) is 10.0 Å². The lowest BCUT2D eigenvalue weighted by atomic mass is 9.94. The van der Waals surface area contributed by atoms with Gasteiger partial charge in [0.15, 0.2) is 0 Å². The van der Waals surface area contributed by atoms with Gasteiger partial charge in [-0.05, 0) is 97.6 Å². The van der Waals surface area contributed by atoms with Crippen LogP contribution in [0.1, 0.15) is 102 Å². The molecule has 4 unspecified atom stereocenters. The van der Waals surface area contributed by atoms with E-state index in [1.54, 1.807) is 27.8 Å². The van der Waals surface area contributed by atoms with E-state index in [1.165, 1.54) is 47.4 Å². The Bertz CT molecular complexity index is 1620. The number of unbranched alkanes of at least 4 members (excludes halogenated alkanes) is 3. The molecule has 0 spiro atoms. The molecule has 0 aromatic heterocycles. The molecular weight excluding hydrogens is 555 g/mol. The summed E-state index contributed by atoms with van der Waals surface area (Å²) in [5.74, 6) is 1.76. The number of aryl methyl sites for hydroxylation is 1. The summed E-state index contributed by atoms with van der Waals surface area (Å²) in [7, 11) is 1.09. The van der Waals surface area contributed by atoms with Gasteiger partial charge >= 0.3 is 0 Å². The predicted molar refractivity (Wildman–Crippen MR) is 191 cm³/mol. The van der Waals surface area contributed by atoms with Crippen molar-refractivity contribution in [1.29, 1.82) is 0 Å². The third-order valence-corrected chi connectivity index (χ3v) is 15.0. The normalized spacial score (nSPS) is 22.1. The van der Waals surface area contributed by atoms with Crippen molar-refractivity contribution in [3.63, 3.8) is 0 Å². The quantitative estimate of drug-likeness (QED) is 0.176. The summed E-state index contributed by atoms with van der Waals surface area (Å²) in [6, 6.07) is 35.8. The van der Waals surface area contributed by atoms with Crippen molar-refractivity contribution in [3.8, 4) is 11.1 Å². The smallest absolute Gasteiger partial charge is 0.0625 e. The van der Waals surface area contributed by atoms with Gasteiger partial charge in [-0.1, -0.05) is 103 Å². The van der Waals surface area contributed by atoms with Gasteiger partial charge in [0.05, 0.1) is 11.6 Å². The van der Waals surface area contributed by atoms with E-state index in [0.717, 1.165) is 13.0 Å². The van der Waals surface area contributed by atoms with Crippen LogP contribution in [0, 0.1) is 6.92 Å². The summed E-state index contributed by atoms with van der Waals surface area (Å²) in [4.78, 5) is 2.60. The van der Waals surface area contributed by atoms with Crippen molar-refractivity contribution in [2.45, 2.75) is 81.4 Å². The Morgan fingerprint density at radius 1 is 0.705 bits per heavy atom. The fourth-order valence-electron chi connectivity index (χ4n) is 8.74. The zero-order valence-corrected chi connectivity index (χ0v) is 28.3. The first kappa shape index (κ1) is 29.7. The van der Waals surface area contributed by atoms with Crippen LogP contribution in [0.4, 0.5) is 5.69 Å². The van der Waals surface area contributed by atoms with Crippen LogP contribution in [0.25, 0.3) is 11.1 Å². The van der Waals surface area contributed by atoms with E-state index >= 15 is 0 Å². The Kier molecular flexibility index (Phi) is 7.70. The third-order valence-electron chi connectivity index (χ3n) is 10.5. The van der Waals surface area contributed by atoms with Gasteiger partial charge in [0, 0.05) is 35.8 Å². The predicted octanol–water partition coefficient (Wildman–Crippen LogP) is 10.9. The summed E-state index contributed by atoms with van der Waals surface area (Å²) < 4.78 is 6.06. The molecule has 0 saturated carbocycles. The fraction of sp³-hybridized carbons (Fsp3) is 0.415. The van der Waals surface area contributed by atoms with Crippen molar-refractivity contribution < 1.29 is 4.74 Å². The minimum absolute atomic E-state index is 0.0541. The van der Waals surface area contributed by atoms with Crippen LogP contribution in [0.15, 0.2) is 91.0 Å². The lowest BCUT2D eigenvalue weighted by Crippen LogP contribution is -2.24. The minimum Gasteiger partial charge on any atom is -0.376 e. The highest BCUT2D eigenvalue weighted by Gasteiger charge is 2.56. The maximum absolute atomic E-state index is 6.06. The van der Waals surface area contributed by atoms with Crippen molar-refractivity contribution in [1.82, 2.24) is 0 Å². The summed E-state index contributed by atoms with van der Waals surface area (Å²) in [6.07, 6.45) is 7.67. The number of hydrogen-bond acceptors (Lipinski definition) is 2. The first-order chi connectivity index (χ1) is 21.2. The average molecular weight is 604 g/mol. The van der Waals surface area contributed by atoms with Gasteiger partial charge in [-0.15, -0.1) is 0 Å². The van der Waals surface area contributed by atoms with Crippen molar-refractivity contribution >= 4 is 15.7 Å². The summed E-state index contributed by atoms with van der Waals surface area (Å²) in [6.45, 7) is 9.60. The second-order valence-electron chi connectivity index (χ2n) is 14.6. The van der Waals surface area contributed by atoms with Gasteiger partial charge in [-0.3, -0.25) is 0 Å². The van der Waals surface area contributed by atoms with Crippen molar-refractivity contribution in [2.24, 2.45) is 0 Å². The second kappa shape index (κ2) is 11.4. The number of rotatable bonds is 9. The van der Waals surface area contributed by atoms with E-state index in [2.05, 4.69) is 137 Å². The maximum atomic E-state index is 6.06. The molecule has 3 aliphatic rings. The Hall–Kier alpha value is -3.01.